The van der Waals surface area contributed by atoms with Crippen molar-refractivity contribution in [2.75, 3.05) is 0 Å². The lowest BCUT2D eigenvalue weighted by Crippen LogP contribution is -1.94. The molecule has 0 saturated heterocycles. The second kappa shape index (κ2) is 5.89. The topological polar surface area (TPSA) is 42.4 Å². The van der Waals surface area contributed by atoms with Gasteiger partial charge in [-0.25, -0.2) is 4.98 Å². The number of pyridine rings is 1. The molecular formula is C12H8BrCl2NO2. The summed E-state index contributed by atoms with van der Waals surface area (Å²) in [5.41, 5.74) is 0.363. The highest BCUT2D eigenvalue weighted by atomic mass is 79.9. The number of nitrogens with zero attached hydrogens (tertiary/aromatic N) is 1. The van der Waals surface area contributed by atoms with Gasteiger partial charge in [0, 0.05) is 10.5 Å². The van der Waals surface area contributed by atoms with E-state index in [1.807, 2.05) is 6.07 Å². The zero-order valence-corrected chi connectivity index (χ0v) is 12.1. The fourth-order valence-corrected chi connectivity index (χ4v) is 2.18. The maximum atomic E-state index is 9.07. The molecular weight excluding hydrogens is 341 g/mol. The molecule has 1 aromatic heterocycles. The molecule has 0 atom stereocenters. The Labute approximate surface area is 122 Å². The lowest BCUT2D eigenvalue weighted by Gasteiger charge is -2.08. The summed E-state index contributed by atoms with van der Waals surface area (Å²) in [6, 6.07) is 8.48. The monoisotopic (exact) mass is 347 g/mol. The molecule has 3 nitrogen and oxygen atoms in total. The standard InChI is InChI=1S/C12H8BrCl2NO2/c13-7-1-3-11(9(15)5-7)18-12-4-2-8(14)10(6-17)16-12/h1-5,17H,6H2. The third-order valence-electron chi connectivity index (χ3n) is 2.15. The number of hydrogen-bond donors (Lipinski definition) is 1. The Morgan fingerprint density at radius 3 is 2.61 bits per heavy atom. The molecule has 1 aromatic carbocycles. The fourth-order valence-electron chi connectivity index (χ4n) is 1.30. The van der Waals surface area contributed by atoms with E-state index in [4.69, 9.17) is 33.0 Å². The van der Waals surface area contributed by atoms with Crippen molar-refractivity contribution in [1.82, 2.24) is 4.98 Å². The van der Waals surface area contributed by atoms with E-state index >= 15 is 0 Å². The van der Waals surface area contributed by atoms with Crippen LogP contribution in [-0.4, -0.2) is 10.1 Å². The third-order valence-corrected chi connectivity index (χ3v) is 3.28. The lowest BCUT2D eigenvalue weighted by molar-refractivity contribution is 0.275. The van der Waals surface area contributed by atoms with Crippen LogP contribution in [0.3, 0.4) is 0 Å². The summed E-state index contributed by atoms with van der Waals surface area (Å²) in [6.07, 6.45) is 0. The highest BCUT2D eigenvalue weighted by Crippen LogP contribution is 2.31. The molecule has 0 spiro atoms. The van der Waals surface area contributed by atoms with Crippen molar-refractivity contribution in [3.63, 3.8) is 0 Å². The first-order valence-electron chi connectivity index (χ1n) is 4.99. The number of benzene rings is 1. The Hall–Kier alpha value is -0.810. The number of aromatic nitrogens is 1. The number of rotatable bonds is 3. The van der Waals surface area contributed by atoms with Crippen LogP contribution in [0.1, 0.15) is 5.69 Å². The molecule has 0 aliphatic heterocycles. The molecule has 0 amide bonds. The van der Waals surface area contributed by atoms with E-state index in [0.717, 1.165) is 4.47 Å². The van der Waals surface area contributed by atoms with Gasteiger partial charge in [0.2, 0.25) is 5.88 Å². The van der Waals surface area contributed by atoms with E-state index in [1.54, 1.807) is 24.3 Å². The van der Waals surface area contributed by atoms with Gasteiger partial charge >= 0.3 is 0 Å². The molecule has 0 aliphatic rings. The number of halogens is 3. The van der Waals surface area contributed by atoms with Crippen LogP contribution in [0, 0.1) is 0 Å². The van der Waals surface area contributed by atoms with Crippen LogP contribution in [0.25, 0.3) is 0 Å². The van der Waals surface area contributed by atoms with Gasteiger partial charge < -0.3 is 9.84 Å². The van der Waals surface area contributed by atoms with Gasteiger partial charge in [0.25, 0.3) is 0 Å². The molecule has 0 aliphatic carbocycles. The van der Waals surface area contributed by atoms with E-state index < -0.39 is 0 Å². The van der Waals surface area contributed by atoms with E-state index in [1.165, 1.54) is 0 Å². The van der Waals surface area contributed by atoms with Crippen LogP contribution in [0.5, 0.6) is 11.6 Å². The summed E-state index contributed by atoms with van der Waals surface area (Å²) in [6.45, 7) is -0.246. The fraction of sp³-hybridized carbons (Fsp3) is 0.0833. The second-order valence-electron chi connectivity index (χ2n) is 3.41. The smallest absolute Gasteiger partial charge is 0.219 e. The van der Waals surface area contributed by atoms with E-state index in [2.05, 4.69) is 20.9 Å². The van der Waals surface area contributed by atoms with Gasteiger partial charge in [-0.3, -0.25) is 0 Å². The van der Waals surface area contributed by atoms with Crippen molar-refractivity contribution in [1.29, 1.82) is 0 Å². The highest BCUT2D eigenvalue weighted by Gasteiger charge is 2.07. The summed E-state index contributed by atoms with van der Waals surface area (Å²) in [5, 5.41) is 9.92. The van der Waals surface area contributed by atoms with Gasteiger partial charge in [-0.05, 0) is 24.3 Å². The van der Waals surface area contributed by atoms with Crippen LogP contribution in [0.15, 0.2) is 34.8 Å². The van der Waals surface area contributed by atoms with Crippen LogP contribution < -0.4 is 4.74 Å². The van der Waals surface area contributed by atoms with E-state index in [0.29, 0.717) is 27.4 Å². The van der Waals surface area contributed by atoms with Gasteiger partial charge in [-0.1, -0.05) is 39.1 Å². The van der Waals surface area contributed by atoms with Gasteiger partial charge in [0.05, 0.1) is 22.3 Å². The summed E-state index contributed by atoms with van der Waals surface area (Å²) in [7, 11) is 0. The van der Waals surface area contributed by atoms with Gasteiger partial charge in [-0.2, -0.15) is 0 Å². The Bertz CT molecular complexity index is 578. The predicted octanol–water partition coefficient (Wildman–Crippen LogP) is 4.44. The SMILES string of the molecule is OCc1nc(Oc2ccc(Br)cc2Cl)ccc1Cl. The first-order valence-corrected chi connectivity index (χ1v) is 6.54. The van der Waals surface area contributed by atoms with Crippen LogP contribution in [0.4, 0.5) is 0 Å². The largest absolute Gasteiger partial charge is 0.437 e. The quantitative estimate of drug-likeness (QED) is 0.891. The minimum absolute atomic E-state index is 0.246. The van der Waals surface area contributed by atoms with Crippen LogP contribution in [-0.2, 0) is 6.61 Å². The highest BCUT2D eigenvalue weighted by molar-refractivity contribution is 9.10. The predicted molar refractivity (Wildman–Crippen MR) is 74.4 cm³/mol. The second-order valence-corrected chi connectivity index (χ2v) is 5.14. The number of aliphatic hydroxyl groups excluding tert-OH is 1. The number of hydrogen-bond acceptors (Lipinski definition) is 3. The summed E-state index contributed by atoms with van der Waals surface area (Å²) < 4.78 is 6.39. The van der Waals surface area contributed by atoms with Gasteiger partial charge in [0.15, 0.2) is 0 Å². The molecule has 0 unspecified atom stereocenters. The third kappa shape index (κ3) is 3.14. The van der Waals surface area contributed by atoms with Crippen molar-refractivity contribution >= 4 is 39.1 Å². The normalized spacial score (nSPS) is 10.4. The average Bonchev–Trinajstić information content (AvgIpc) is 2.35. The number of aliphatic hydroxyl groups is 1. The van der Waals surface area contributed by atoms with E-state index in [9.17, 15) is 0 Å². The Kier molecular flexibility index (Phi) is 4.45. The minimum Gasteiger partial charge on any atom is -0.437 e. The molecule has 6 heteroatoms. The molecule has 1 heterocycles. The average molecular weight is 349 g/mol. The first-order chi connectivity index (χ1) is 8.60. The maximum absolute atomic E-state index is 9.07. The molecule has 0 saturated carbocycles. The zero-order valence-electron chi connectivity index (χ0n) is 9.03. The van der Waals surface area contributed by atoms with Crippen molar-refractivity contribution < 1.29 is 9.84 Å². The van der Waals surface area contributed by atoms with Crippen molar-refractivity contribution in [2.24, 2.45) is 0 Å². The van der Waals surface area contributed by atoms with Crippen molar-refractivity contribution in [3.05, 3.63) is 50.5 Å². The summed E-state index contributed by atoms with van der Waals surface area (Å²) >= 11 is 15.2. The first kappa shape index (κ1) is 13.6. The van der Waals surface area contributed by atoms with Crippen LogP contribution in [0.2, 0.25) is 10.0 Å². The molecule has 0 radical (unpaired) electrons. The molecule has 0 bridgehead atoms. The summed E-state index contributed by atoms with van der Waals surface area (Å²) in [4.78, 5) is 4.08. The molecule has 1 N–H and O–H groups in total. The van der Waals surface area contributed by atoms with Crippen molar-refractivity contribution in [2.45, 2.75) is 6.61 Å². The van der Waals surface area contributed by atoms with Gasteiger partial charge in [-0.15, -0.1) is 0 Å². The Morgan fingerprint density at radius 2 is 1.94 bits per heavy atom. The Morgan fingerprint density at radius 1 is 1.17 bits per heavy atom. The zero-order chi connectivity index (χ0) is 13.1. The molecule has 0 fully saturated rings. The van der Waals surface area contributed by atoms with Gasteiger partial charge in [0.1, 0.15) is 5.75 Å². The van der Waals surface area contributed by atoms with Crippen LogP contribution >= 0.6 is 39.1 Å². The number of ether oxygens (including phenoxy) is 1. The minimum atomic E-state index is -0.246. The molecule has 2 rings (SSSR count). The lowest BCUT2D eigenvalue weighted by atomic mass is 10.3. The van der Waals surface area contributed by atoms with Crippen molar-refractivity contribution in [3.8, 4) is 11.6 Å². The molecule has 18 heavy (non-hydrogen) atoms. The van der Waals surface area contributed by atoms with E-state index in [-0.39, 0.29) is 6.61 Å². The molecule has 2 aromatic rings. The molecule has 94 valence electrons. The Balaban J connectivity index is 2.28. The maximum Gasteiger partial charge on any atom is 0.219 e. The summed E-state index contributed by atoms with van der Waals surface area (Å²) in [5.74, 6) is 0.811.